The third-order valence-electron chi connectivity index (χ3n) is 3.31. The van der Waals surface area contributed by atoms with Gasteiger partial charge in [0.05, 0.1) is 12.1 Å². The fourth-order valence-electron chi connectivity index (χ4n) is 2.39. The molecule has 0 N–H and O–H groups in total. The van der Waals surface area contributed by atoms with Crippen LogP contribution in [0.2, 0.25) is 0 Å². The van der Waals surface area contributed by atoms with Crippen LogP contribution in [0.15, 0.2) is 30.5 Å². The minimum atomic E-state index is -4.94. The van der Waals surface area contributed by atoms with Crippen molar-refractivity contribution in [3.8, 4) is 11.3 Å². The number of halogens is 6. The minimum Gasteiger partial charge on any atom is -0.314 e. The fraction of sp³-hybridized carbons (Fsp3) is 0.200. The number of benzene rings is 1. The molecule has 3 rings (SSSR count). The van der Waals surface area contributed by atoms with Gasteiger partial charge in [-0.3, -0.25) is 4.98 Å². The number of hydrogen-bond acceptors (Lipinski definition) is 2. The lowest BCUT2D eigenvalue weighted by Crippen LogP contribution is -2.17. The molecule has 0 aliphatic carbocycles. The first-order valence-corrected chi connectivity index (χ1v) is 6.65. The number of fused-ring (bicyclic) bond motifs is 1. The first-order valence-electron chi connectivity index (χ1n) is 6.65. The van der Waals surface area contributed by atoms with Crippen LogP contribution in [0.3, 0.4) is 0 Å². The monoisotopic (exact) mass is 344 g/mol. The molecule has 0 saturated heterocycles. The summed E-state index contributed by atoms with van der Waals surface area (Å²) in [5, 5.41) is 0. The van der Waals surface area contributed by atoms with E-state index in [4.69, 9.17) is 0 Å². The van der Waals surface area contributed by atoms with Crippen LogP contribution in [-0.2, 0) is 12.7 Å². The van der Waals surface area contributed by atoms with Crippen molar-refractivity contribution in [1.29, 1.82) is 0 Å². The third kappa shape index (κ3) is 2.81. The van der Waals surface area contributed by atoms with Crippen molar-refractivity contribution in [1.82, 2.24) is 14.5 Å². The Hall–Kier alpha value is -2.58. The molecule has 24 heavy (non-hydrogen) atoms. The second-order valence-corrected chi connectivity index (χ2v) is 4.87. The zero-order chi connectivity index (χ0) is 17.5. The molecular weight excluding hydrogens is 336 g/mol. The van der Waals surface area contributed by atoms with E-state index in [9.17, 15) is 26.3 Å². The molecule has 0 aliphatic heterocycles. The van der Waals surface area contributed by atoms with E-state index in [2.05, 4.69) is 16.0 Å². The highest BCUT2D eigenvalue weighted by Gasteiger charge is 2.38. The van der Waals surface area contributed by atoms with Crippen molar-refractivity contribution in [2.45, 2.75) is 19.1 Å². The third-order valence-corrected chi connectivity index (χ3v) is 3.31. The summed E-state index contributed by atoms with van der Waals surface area (Å²) in [7, 11) is 0. The summed E-state index contributed by atoms with van der Waals surface area (Å²) < 4.78 is 79.0. The van der Waals surface area contributed by atoms with Gasteiger partial charge in [-0.25, -0.2) is 18.2 Å². The molecule has 0 fully saturated rings. The predicted octanol–water partition coefficient (Wildman–Crippen LogP) is 4.32. The zero-order valence-corrected chi connectivity index (χ0v) is 11.8. The lowest BCUT2D eigenvalue weighted by atomic mass is 10.1. The Kier molecular flexibility index (Phi) is 3.94. The topological polar surface area (TPSA) is 30.7 Å². The predicted molar refractivity (Wildman–Crippen MR) is 72.8 cm³/mol. The molecule has 3 nitrogen and oxygen atoms in total. The number of nitrogens with zero attached hydrogens (tertiary/aromatic N) is 3. The molecular formula is C15H8F6N3. The van der Waals surface area contributed by atoms with Gasteiger partial charge in [0.25, 0.3) is 6.43 Å². The van der Waals surface area contributed by atoms with Crippen molar-refractivity contribution in [2.24, 2.45) is 0 Å². The molecule has 0 unspecified atom stereocenters. The summed E-state index contributed by atoms with van der Waals surface area (Å²) in [6, 6.07) is 7.25. The highest BCUT2D eigenvalue weighted by atomic mass is 19.4. The minimum absolute atomic E-state index is 0.0882. The first-order chi connectivity index (χ1) is 11.3. The van der Waals surface area contributed by atoms with Crippen molar-refractivity contribution in [2.75, 3.05) is 0 Å². The van der Waals surface area contributed by atoms with E-state index < -0.39 is 30.8 Å². The van der Waals surface area contributed by atoms with Crippen LogP contribution < -0.4 is 0 Å². The summed E-state index contributed by atoms with van der Waals surface area (Å²) in [6.45, 7) is -1.18. The van der Waals surface area contributed by atoms with E-state index in [1.165, 1.54) is 12.1 Å². The molecule has 1 radical (unpaired) electrons. The van der Waals surface area contributed by atoms with E-state index in [1.54, 1.807) is 0 Å². The van der Waals surface area contributed by atoms with Crippen molar-refractivity contribution < 1.29 is 26.3 Å². The van der Waals surface area contributed by atoms with Crippen LogP contribution >= 0.6 is 0 Å². The van der Waals surface area contributed by atoms with Crippen LogP contribution in [0.25, 0.3) is 22.3 Å². The smallest absolute Gasteiger partial charge is 0.314 e. The second kappa shape index (κ2) is 5.81. The molecule has 9 heteroatoms. The summed E-state index contributed by atoms with van der Waals surface area (Å²) in [5.41, 5.74) is -0.734. The zero-order valence-electron chi connectivity index (χ0n) is 11.8. The molecule has 1 aromatic carbocycles. The maximum Gasteiger partial charge on any atom is 0.449 e. The standard InChI is InChI=1S/C15H8F6N3/c16-9-4-2-1-3-8(9)12-13-10(5-6-22-12)24(7-11(17)18)14(23-13)15(19,20)21/h1,3-6,11H,7H2. The van der Waals surface area contributed by atoms with E-state index in [0.29, 0.717) is 4.57 Å². The number of alkyl halides is 5. The Morgan fingerprint density at radius 2 is 1.96 bits per heavy atom. The maximum absolute atomic E-state index is 13.9. The number of imidazole rings is 1. The van der Waals surface area contributed by atoms with E-state index in [1.807, 2.05) is 0 Å². The van der Waals surface area contributed by atoms with Gasteiger partial charge in [0, 0.05) is 11.8 Å². The Bertz CT molecular complexity index is 885. The quantitative estimate of drug-likeness (QED) is 0.663. The summed E-state index contributed by atoms with van der Waals surface area (Å²) >= 11 is 0. The fourth-order valence-corrected chi connectivity index (χ4v) is 2.39. The summed E-state index contributed by atoms with van der Waals surface area (Å²) in [6.07, 6.45) is -6.82. The Labute approximate surface area is 131 Å². The summed E-state index contributed by atoms with van der Waals surface area (Å²) in [4.78, 5) is 7.29. The van der Waals surface area contributed by atoms with Gasteiger partial charge in [-0.1, -0.05) is 6.07 Å². The lowest BCUT2D eigenvalue weighted by molar-refractivity contribution is -0.147. The highest BCUT2D eigenvalue weighted by Crippen LogP contribution is 2.35. The number of pyridine rings is 1. The van der Waals surface area contributed by atoms with Crippen LogP contribution in [-0.4, -0.2) is 21.0 Å². The average molecular weight is 344 g/mol. The van der Waals surface area contributed by atoms with Gasteiger partial charge in [-0.05, 0) is 24.3 Å². The van der Waals surface area contributed by atoms with Gasteiger partial charge >= 0.3 is 6.18 Å². The number of hydrogen-bond donors (Lipinski definition) is 0. The Balaban J connectivity index is 2.32. The molecule has 0 saturated carbocycles. The molecule has 2 aromatic heterocycles. The SMILES string of the molecule is Fc1c[c]ccc1-c1nccc2c1nc(C(F)(F)F)n2CC(F)F. The first kappa shape index (κ1) is 16.3. The molecule has 0 spiro atoms. The van der Waals surface area contributed by atoms with E-state index in [-0.39, 0.29) is 22.3 Å². The molecule has 0 bridgehead atoms. The van der Waals surface area contributed by atoms with Gasteiger partial charge in [-0.15, -0.1) is 0 Å². The van der Waals surface area contributed by atoms with Crippen LogP contribution in [0.5, 0.6) is 0 Å². The second-order valence-electron chi connectivity index (χ2n) is 4.87. The highest BCUT2D eigenvalue weighted by molar-refractivity contribution is 5.90. The van der Waals surface area contributed by atoms with Gasteiger partial charge in [0.2, 0.25) is 5.82 Å². The normalized spacial score (nSPS) is 12.3. The largest absolute Gasteiger partial charge is 0.449 e. The van der Waals surface area contributed by atoms with Crippen LogP contribution in [0.4, 0.5) is 26.3 Å². The number of aromatic nitrogens is 3. The maximum atomic E-state index is 13.9. The van der Waals surface area contributed by atoms with E-state index >= 15 is 0 Å². The summed E-state index contributed by atoms with van der Waals surface area (Å²) in [5.74, 6) is -2.23. The Morgan fingerprint density at radius 3 is 2.58 bits per heavy atom. The molecule has 0 aliphatic rings. The average Bonchev–Trinajstić information content (AvgIpc) is 2.86. The Morgan fingerprint density at radius 1 is 1.21 bits per heavy atom. The van der Waals surface area contributed by atoms with Crippen LogP contribution in [0, 0.1) is 11.9 Å². The molecule has 0 atom stereocenters. The van der Waals surface area contributed by atoms with Crippen molar-refractivity contribution >= 4 is 11.0 Å². The van der Waals surface area contributed by atoms with Gasteiger partial charge in [0.15, 0.2) is 0 Å². The molecule has 3 aromatic rings. The molecule has 2 heterocycles. The van der Waals surface area contributed by atoms with Crippen molar-refractivity contribution in [3.63, 3.8) is 0 Å². The lowest BCUT2D eigenvalue weighted by Gasteiger charge is -2.10. The number of rotatable bonds is 3. The van der Waals surface area contributed by atoms with E-state index in [0.717, 1.165) is 18.3 Å². The van der Waals surface area contributed by atoms with Crippen LogP contribution in [0.1, 0.15) is 5.82 Å². The molecule has 0 amide bonds. The van der Waals surface area contributed by atoms with Gasteiger partial charge < -0.3 is 4.57 Å². The molecule has 125 valence electrons. The van der Waals surface area contributed by atoms with Gasteiger partial charge in [0.1, 0.15) is 17.0 Å². The van der Waals surface area contributed by atoms with Crippen molar-refractivity contribution in [3.05, 3.63) is 48.2 Å². The van der Waals surface area contributed by atoms with Gasteiger partial charge in [-0.2, -0.15) is 13.2 Å².